The fourth-order valence-electron chi connectivity index (χ4n) is 3.15. The molecule has 0 aromatic carbocycles. The van der Waals surface area contributed by atoms with Crippen molar-refractivity contribution < 1.29 is 4.79 Å². The van der Waals surface area contributed by atoms with Crippen molar-refractivity contribution >= 4 is 5.91 Å². The number of rotatable bonds is 4. The molecule has 0 radical (unpaired) electrons. The fraction of sp³-hybridized carbons (Fsp3) is 0.929. The normalized spacial score (nSPS) is 27.1. The summed E-state index contributed by atoms with van der Waals surface area (Å²) in [6.07, 6.45) is 8.67. The zero-order valence-electron chi connectivity index (χ0n) is 11.4. The van der Waals surface area contributed by atoms with E-state index in [1.54, 1.807) is 0 Å². The molecule has 0 bridgehead atoms. The Balaban J connectivity index is 1.68. The highest BCUT2D eigenvalue weighted by Crippen LogP contribution is 2.17. The molecule has 3 N–H and O–H groups in total. The van der Waals surface area contributed by atoms with Gasteiger partial charge in [0.2, 0.25) is 5.91 Å². The molecule has 1 amide bonds. The van der Waals surface area contributed by atoms with Crippen LogP contribution in [-0.2, 0) is 4.79 Å². The van der Waals surface area contributed by atoms with Gasteiger partial charge in [0.15, 0.2) is 0 Å². The quantitative estimate of drug-likeness (QED) is 0.738. The summed E-state index contributed by atoms with van der Waals surface area (Å²) < 4.78 is 0. The van der Waals surface area contributed by atoms with Crippen LogP contribution in [0.1, 0.15) is 44.9 Å². The van der Waals surface area contributed by atoms with Gasteiger partial charge in [-0.15, -0.1) is 0 Å². The molecule has 1 atom stereocenters. The van der Waals surface area contributed by atoms with Crippen molar-refractivity contribution in [2.24, 2.45) is 11.7 Å². The van der Waals surface area contributed by atoms with Crippen LogP contribution in [-0.4, -0.2) is 43.0 Å². The Morgan fingerprint density at radius 3 is 2.50 bits per heavy atom. The monoisotopic (exact) mass is 253 g/mol. The highest BCUT2D eigenvalue weighted by atomic mass is 16.2. The lowest BCUT2D eigenvalue weighted by Crippen LogP contribution is -2.41. The lowest BCUT2D eigenvalue weighted by molar-refractivity contribution is -0.122. The van der Waals surface area contributed by atoms with E-state index in [1.165, 1.54) is 25.7 Å². The van der Waals surface area contributed by atoms with Gasteiger partial charge in [-0.05, 0) is 38.3 Å². The third-order valence-electron chi connectivity index (χ3n) is 4.29. The number of nitrogens with two attached hydrogens (primary N) is 1. The molecular formula is C14H27N3O. The molecule has 4 heteroatoms. The summed E-state index contributed by atoms with van der Waals surface area (Å²) >= 11 is 0. The highest BCUT2D eigenvalue weighted by molar-refractivity contribution is 5.78. The van der Waals surface area contributed by atoms with Gasteiger partial charge in [0.05, 0.1) is 6.54 Å². The average molecular weight is 253 g/mol. The molecule has 0 aromatic heterocycles. The predicted molar refractivity (Wildman–Crippen MR) is 73.2 cm³/mol. The molecule has 1 aliphatic carbocycles. The van der Waals surface area contributed by atoms with Crippen LogP contribution in [0.3, 0.4) is 0 Å². The van der Waals surface area contributed by atoms with E-state index in [1.807, 2.05) is 0 Å². The number of amides is 1. The first-order valence-electron chi connectivity index (χ1n) is 7.49. The molecule has 0 spiro atoms. The molecule has 1 saturated carbocycles. The maximum Gasteiger partial charge on any atom is 0.234 e. The van der Waals surface area contributed by atoms with Gasteiger partial charge in [0, 0.05) is 12.6 Å². The summed E-state index contributed by atoms with van der Waals surface area (Å²) in [5, 5.41) is 3.21. The molecule has 18 heavy (non-hydrogen) atoms. The van der Waals surface area contributed by atoms with Gasteiger partial charge in [-0.25, -0.2) is 0 Å². The van der Waals surface area contributed by atoms with E-state index in [0.29, 0.717) is 18.5 Å². The summed E-state index contributed by atoms with van der Waals surface area (Å²) in [6.45, 7) is 3.34. The van der Waals surface area contributed by atoms with Crippen LogP contribution in [0.5, 0.6) is 0 Å². The van der Waals surface area contributed by atoms with E-state index >= 15 is 0 Å². The summed E-state index contributed by atoms with van der Waals surface area (Å²) in [5.41, 5.74) is 5.67. The van der Waals surface area contributed by atoms with Crippen molar-refractivity contribution in [3.05, 3.63) is 0 Å². The van der Waals surface area contributed by atoms with Crippen LogP contribution in [0.2, 0.25) is 0 Å². The Bertz CT molecular complexity index is 262. The van der Waals surface area contributed by atoms with Crippen molar-refractivity contribution in [2.45, 2.75) is 51.0 Å². The molecular weight excluding hydrogens is 226 g/mol. The molecule has 4 nitrogen and oxygen atoms in total. The Kier molecular flexibility index (Phi) is 5.45. The van der Waals surface area contributed by atoms with Crippen LogP contribution >= 0.6 is 0 Å². The van der Waals surface area contributed by atoms with Crippen molar-refractivity contribution in [2.75, 3.05) is 26.2 Å². The van der Waals surface area contributed by atoms with E-state index in [4.69, 9.17) is 5.73 Å². The third-order valence-corrected chi connectivity index (χ3v) is 4.29. The zero-order chi connectivity index (χ0) is 12.8. The molecule has 0 aromatic rings. The lowest BCUT2D eigenvalue weighted by atomic mass is 10.1. The van der Waals surface area contributed by atoms with Gasteiger partial charge in [-0.1, -0.05) is 25.7 Å². The minimum atomic E-state index is 0.208. The molecule has 2 fully saturated rings. The summed E-state index contributed by atoms with van der Waals surface area (Å²) in [4.78, 5) is 14.2. The largest absolute Gasteiger partial charge is 0.352 e. The molecule has 2 aliphatic rings. The Hall–Kier alpha value is -0.610. The van der Waals surface area contributed by atoms with Crippen molar-refractivity contribution in [1.29, 1.82) is 0 Å². The molecule has 1 heterocycles. The standard InChI is InChI=1S/C14H27N3O/c15-9-12-7-8-17(10-12)11-14(18)16-13-5-3-1-2-4-6-13/h12-13H,1-11,15H2,(H,16,18). The van der Waals surface area contributed by atoms with Gasteiger partial charge in [0.25, 0.3) is 0 Å². The van der Waals surface area contributed by atoms with Crippen molar-refractivity contribution in [1.82, 2.24) is 10.2 Å². The molecule has 1 aliphatic heterocycles. The molecule has 1 unspecified atom stereocenters. The first kappa shape index (κ1) is 13.8. The smallest absolute Gasteiger partial charge is 0.234 e. The molecule has 2 rings (SSSR count). The number of nitrogens with zero attached hydrogens (tertiary/aromatic N) is 1. The number of hydrogen-bond acceptors (Lipinski definition) is 3. The van der Waals surface area contributed by atoms with E-state index in [0.717, 1.165) is 38.9 Å². The topological polar surface area (TPSA) is 58.4 Å². The van der Waals surface area contributed by atoms with Crippen LogP contribution < -0.4 is 11.1 Å². The maximum absolute atomic E-state index is 12.0. The van der Waals surface area contributed by atoms with Gasteiger partial charge >= 0.3 is 0 Å². The Morgan fingerprint density at radius 1 is 1.17 bits per heavy atom. The van der Waals surface area contributed by atoms with E-state index in [2.05, 4.69) is 10.2 Å². The minimum absolute atomic E-state index is 0.208. The van der Waals surface area contributed by atoms with Crippen molar-refractivity contribution in [3.63, 3.8) is 0 Å². The number of carbonyl (C=O) groups excluding carboxylic acids is 1. The molecule has 104 valence electrons. The zero-order valence-corrected chi connectivity index (χ0v) is 11.4. The predicted octanol–water partition coefficient (Wildman–Crippen LogP) is 1.11. The van der Waals surface area contributed by atoms with Gasteiger partial charge in [-0.3, -0.25) is 9.69 Å². The number of carbonyl (C=O) groups is 1. The fourth-order valence-corrected chi connectivity index (χ4v) is 3.15. The molecule has 1 saturated heterocycles. The van der Waals surface area contributed by atoms with E-state index in [-0.39, 0.29) is 5.91 Å². The second-order valence-corrected chi connectivity index (χ2v) is 5.88. The van der Waals surface area contributed by atoms with Crippen LogP contribution in [0, 0.1) is 5.92 Å². The average Bonchev–Trinajstić information content (AvgIpc) is 2.65. The third kappa shape index (κ3) is 4.25. The summed E-state index contributed by atoms with van der Waals surface area (Å²) in [6, 6.07) is 0.424. The van der Waals surface area contributed by atoms with Crippen LogP contribution in [0.15, 0.2) is 0 Å². The van der Waals surface area contributed by atoms with Gasteiger partial charge in [-0.2, -0.15) is 0 Å². The highest BCUT2D eigenvalue weighted by Gasteiger charge is 2.23. The minimum Gasteiger partial charge on any atom is -0.352 e. The summed E-state index contributed by atoms with van der Waals surface area (Å²) in [7, 11) is 0. The van der Waals surface area contributed by atoms with Gasteiger partial charge < -0.3 is 11.1 Å². The number of hydrogen-bond donors (Lipinski definition) is 2. The lowest BCUT2D eigenvalue weighted by Gasteiger charge is -2.20. The first-order chi connectivity index (χ1) is 8.78. The van der Waals surface area contributed by atoms with Crippen LogP contribution in [0.4, 0.5) is 0 Å². The number of nitrogens with one attached hydrogen (secondary N) is 1. The Morgan fingerprint density at radius 2 is 1.89 bits per heavy atom. The van der Waals surface area contributed by atoms with Crippen molar-refractivity contribution in [3.8, 4) is 0 Å². The SMILES string of the molecule is NCC1CCN(CC(=O)NC2CCCCCC2)C1. The van der Waals surface area contributed by atoms with Crippen LogP contribution in [0.25, 0.3) is 0 Å². The Labute approximate surface area is 110 Å². The van der Waals surface area contributed by atoms with Gasteiger partial charge in [0.1, 0.15) is 0 Å². The first-order valence-corrected chi connectivity index (χ1v) is 7.49. The second-order valence-electron chi connectivity index (χ2n) is 5.88. The maximum atomic E-state index is 12.0. The summed E-state index contributed by atoms with van der Waals surface area (Å²) in [5.74, 6) is 0.801. The van der Waals surface area contributed by atoms with E-state index in [9.17, 15) is 4.79 Å². The second kappa shape index (κ2) is 7.10. The van der Waals surface area contributed by atoms with E-state index < -0.39 is 0 Å². The number of likely N-dealkylation sites (tertiary alicyclic amines) is 1.